The number of aromatic nitrogens is 1. The number of carbonyl (C=O) groups excluding carboxylic acids is 2. The Kier molecular flexibility index (Phi) is 6.27. The maximum Gasteiger partial charge on any atom is 0.283 e. The molecular formula is C25H17N5O4S2. The van der Waals surface area contributed by atoms with Gasteiger partial charge in [0.2, 0.25) is 11.8 Å². The highest BCUT2D eigenvalue weighted by atomic mass is 32.2. The zero-order chi connectivity index (χ0) is 25.4. The molecule has 2 fully saturated rings. The first-order valence-corrected chi connectivity index (χ1v) is 12.8. The van der Waals surface area contributed by atoms with Crippen LogP contribution in [0.3, 0.4) is 0 Å². The summed E-state index contributed by atoms with van der Waals surface area (Å²) in [6, 6.07) is 13.2. The van der Waals surface area contributed by atoms with Gasteiger partial charge in [0.15, 0.2) is 4.34 Å². The quantitative estimate of drug-likeness (QED) is 0.189. The smallest absolute Gasteiger partial charge is 0.274 e. The highest BCUT2D eigenvalue weighted by Gasteiger charge is 2.48. The highest BCUT2D eigenvalue weighted by molar-refractivity contribution is 8.01. The third-order valence-electron chi connectivity index (χ3n) is 6.38. The third-order valence-corrected chi connectivity index (χ3v) is 8.52. The van der Waals surface area contributed by atoms with Gasteiger partial charge in [-0.05, 0) is 48.7 Å². The van der Waals surface area contributed by atoms with Gasteiger partial charge in [-0.15, -0.1) is 11.3 Å². The van der Waals surface area contributed by atoms with Crippen LogP contribution < -0.4 is 4.90 Å². The van der Waals surface area contributed by atoms with Gasteiger partial charge in [0.05, 0.1) is 37.6 Å². The van der Waals surface area contributed by atoms with Crippen LogP contribution in [-0.2, 0) is 9.59 Å². The van der Waals surface area contributed by atoms with Gasteiger partial charge in [0.1, 0.15) is 17.7 Å². The maximum absolute atomic E-state index is 13.0. The molecule has 2 aromatic carbocycles. The minimum absolute atomic E-state index is 0.135. The molecule has 1 aliphatic heterocycles. The SMILES string of the molecule is N#CC(C#N)=Cc1ccc(Sc2nc3ccc(N4C(=O)[C@H]5CCCC[C@@H]5C4=O)cc3s2)c([N+](=O)[O-])c1. The van der Waals surface area contributed by atoms with Crippen molar-refractivity contribution in [2.45, 2.75) is 34.9 Å². The number of anilines is 1. The predicted molar refractivity (Wildman–Crippen MR) is 134 cm³/mol. The molecule has 2 heterocycles. The van der Waals surface area contributed by atoms with Crippen molar-refractivity contribution in [3.8, 4) is 12.1 Å². The molecule has 2 amide bonds. The fourth-order valence-electron chi connectivity index (χ4n) is 4.70. The maximum atomic E-state index is 13.0. The van der Waals surface area contributed by atoms with E-state index in [4.69, 9.17) is 10.5 Å². The van der Waals surface area contributed by atoms with Gasteiger partial charge in [0, 0.05) is 6.07 Å². The first kappa shape index (κ1) is 23.7. The molecule has 1 aromatic heterocycles. The second-order valence-corrected chi connectivity index (χ2v) is 10.8. The van der Waals surface area contributed by atoms with E-state index >= 15 is 0 Å². The van der Waals surface area contributed by atoms with E-state index in [-0.39, 0.29) is 34.9 Å². The molecule has 1 saturated heterocycles. The number of carbonyl (C=O) groups is 2. The summed E-state index contributed by atoms with van der Waals surface area (Å²) >= 11 is 2.45. The number of nitrogens with zero attached hydrogens (tertiary/aromatic N) is 5. The molecule has 0 spiro atoms. The molecular weight excluding hydrogens is 498 g/mol. The lowest BCUT2D eigenvalue weighted by Gasteiger charge is -2.19. The van der Waals surface area contributed by atoms with E-state index in [2.05, 4.69) is 4.98 Å². The van der Waals surface area contributed by atoms with Crippen molar-refractivity contribution in [1.82, 2.24) is 4.98 Å². The first-order chi connectivity index (χ1) is 17.4. The molecule has 0 unspecified atom stereocenters. The molecule has 1 aliphatic carbocycles. The monoisotopic (exact) mass is 515 g/mol. The van der Waals surface area contributed by atoms with Gasteiger partial charge in [-0.1, -0.05) is 30.7 Å². The first-order valence-electron chi connectivity index (χ1n) is 11.2. The number of hydrogen-bond acceptors (Lipinski definition) is 9. The van der Waals surface area contributed by atoms with Crippen molar-refractivity contribution in [3.63, 3.8) is 0 Å². The van der Waals surface area contributed by atoms with Crippen LogP contribution in [0.25, 0.3) is 16.3 Å². The van der Waals surface area contributed by atoms with Crippen LogP contribution in [0, 0.1) is 44.6 Å². The van der Waals surface area contributed by atoms with Crippen molar-refractivity contribution in [1.29, 1.82) is 10.5 Å². The largest absolute Gasteiger partial charge is 0.283 e. The fourth-order valence-corrected chi connectivity index (χ4v) is 6.84. The molecule has 11 heteroatoms. The van der Waals surface area contributed by atoms with E-state index in [1.165, 1.54) is 28.4 Å². The second kappa shape index (κ2) is 9.53. The second-order valence-electron chi connectivity index (χ2n) is 8.51. The number of nitro benzene ring substituents is 1. The van der Waals surface area contributed by atoms with Gasteiger partial charge in [-0.25, -0.2) is 4.98 Å². The van der Waals surface area contributed by atoms with Crippen molar-refractivity contribution in [2.75, 3.05) is 4.90 Å². The van der Waals surface area contributed by atoms with Crippen molar-refractivity contribution in [3.05, 3.63) is 57.6 Å². The number of thiazole rings is 1. The number of nitriles is 2. The van der Waals surface area contributed by atoms with Gasteiger partial charge >= 0.3 is 0 Å². The van der Waals surface area contributed by atoms with E-state index in [1.807, 2.05) is 0 Å². The fraction of sp³-hybridized carbons (Fsp3) is 0.240. The summed E-state index contributed by atoms with van der Waals surface area (Å²) in [6.07, 6.45) is 4.71. The van der Waals surface area contributed by atoms with Crippen LogP contribution in [0.2, 0.25) is 0 Å². The normalized spacial score (nSPS) is 19.0. The van der Waals surface area contributed by atoms with Gasteiger partial charge < -0.3 is 0 Å². The number of fused-ring (bicyclic) bond motifs is 2. The summed E-state index contributed by atoms with van der Waals surface area (Å²) in [7, 11) is 0. The zero-order valence-corrected chi connectivity index (χ0v) is 20.3. The summed E-state index contributed by atoms with van der Waals surface area (Å²) in [6.45, 7) is 0. The molecule has 0 N–H and O–H groups in total. The lowest BCUT2D eigenvalue weighted by atomic mass is 9.81. The number of nitro groups is 1. The zero-order valence-electron chi connectivity index (χ0n) is 18.7. The van der Waals surface area contributed by atoms with E-state index in [0.717, 1.165) is 42.1 Å². The predicted octanol–water partition coefficient (Wildman–Crippen LogP) is 5.47. The topological polar surface area (TPSA) is 141 Å². The summed E-state index contributed by atoms with van der Waals surface area (Å²) in [4.78, 5) is 43.3. The molecule has 0 radical (unpaired) electrons. The third kappa shape index (κ3) is 4.24. The number of rotatable bonds is 5. The Hall–Kier alpha value is -4.06. The number of hydrogen-bond donors (Lipinski definition) is 0. The van der Waals surface area contributed by atoms with E-state index in [0.29, 0.717) is 26.0 Å². The molecule has 3 aromatic rings. The Balaban J connectivity index is 1.44. The summed E-state index contributed by atoms with van der Waals surface area (Å²) in [5.41, 5.74) is 1.25. The molecule has 2 aliphatic rings. The molecule has 5 rings (SSSR count). The van der Waals surface area contributed by atoms with Crippen LogP contribution in [0.4, 0.5) is 11.4 Å². The molecule has 0 bridgehead atoms. The Morgan fingerprint density at radius 1 is 1.11 bits per heavy atom. The highest BCUT2D eigenvalue weighted by Crippen LogP contribution is 2.43. The summed E-state index contributed by atoms with van der Waals surface area (Å²) in [5.74, 6) is -0.733. The minimum atomic E-state index is -0.520. The molecule has 9 nitrogen and oxygen atoms in total. The molecule has 36 heavy (non-hydrogen) atoms. The van der Waals surface area contributed by atoms with E-state index < -0.39 is 4.92 Å². The van der Waals surface area contributed by atoms with Crippen molar-refractivity contribution in [2.24, 2.45) is 11.8 Å². The van der Waals surface area contributed by atoms with Crippen molar-refractivity contribution < 1.29 is 14.5 Å². The average molecular weight is 516 g/mol. The van der Waals surface area contributed by atoms with Crippen LogP contribution in [-0.4, -0.2) is 21.7 Å². The molecule has 2 atom stereocenters. The summed E-state index contributed by atoms with van der Waals surface area (Å²) < 4.78 is 1.33. The van der Waals surface area contributed by atoms with Crippen LogP contribution in [0.1, 0.15) is 31.2 Å². The van der Waals surface area contributed by atoms with Crippen LogP contribution in [0.15, 0.2) is 51.2 Å². The number of imide groups is 1. The molecule has 178 valence electrons. The lowest BCUT2D eigenvalue weighted by Crippen LogP contribution is -2.30. The lowest BCUT2D eigenvalue weighted by molar-refractivity contribution is -0.387. The minimum Gasteiger partial charge on any atom is -0.274 e. The summed E-state index contributed by atoms with van der Waals surface area (Å²) in [5, 5.41) is 29.5. The number of amides is 2. The standard InChI is InChI=1S/C25H17N5O4S2/c26-12-15(13-27)9-14-5-8-21(20(10-14)30(33)34)35-25-28-19-7-6-16(11-22(19)36-25)29-23(31)17-3-1-2-4-18(17)24(29)32/h5-11,17-18H,1-4H2/t17-,18-/m0/s1. The number of benzene rings is 2. The van der Waals surface area contributed by atoms with Crippen LogP contribution >= 0.6 is 23.1 Å². The Labute approximate surface area is 213 Å². The van der Waals surface area contributed by atoms with Crippen LogP contribution in [0.5, 0.6) is 0 Å². The van der Waals surface area contributed by atoms with Gasteiger partial charge in [0.25, 0.3) is 5.69 Å². The molecule has 1 saturated carbocycles. The number of allylic oxidation sites excluding steroid dienone is 1. The Morgan fingerprint density at radius 3 is 2.44 bits per heavy atom. The van der Waals surface area contributed by atoms with E-state index in [1.54, 1.807) is 42.5 Å². The van der Waals surface area contributed by atoms with E-state index in [9.17, 15) is 19.7 Å². The Bertz CT molecular complexity index is 1510. The average Bonchev–Trinajstić information content (AvgIpc) is 3.40. The van der Waals surface area contributed by atoms with Crippen molar-refractivity contribution >= 4 is 62.6 Å². The van der Waals surface area contributed by atoms with Gasteiger partial charge in [-0.3, -0.25) is 24.6 Å². The Morgan fingerprint density at radius 2 is 1.81 bits per heavy atom. The van der Waals surface area contributed by atoms with Gasteiger partial charge in [-0.2, -0.15) is 10.5 Å².